The molecule has 1 aromatic rings. The minimum absolute atomic E-state index is 0.0407. The van der Waals surface area contributed by atoms with Crippen molar-refractivity contribution >= 4 is 5.91 Å². The van der Waals surface area contributed by atoms with Crippen LogP contribution in [-0.2, 0) is 0 Å². The van der Waals surface area contributed by atoms with Gasteiger partial charge in [0.25, 0.3) is 5.91 Å². The van der Waals surface area contributed by atoms with Crippen LogP contribution in [0.3, 0.4) is 0 Å². The molecule has 1 aliphatic rings. The Kier molecular flexibility index (Phi) is 4.37. The molecule has 1 aliphatic carbocycles. The Hall–Kier alpha value is -1.35. The van der Waals surface area contributed by atoms with Crippen LogP contribution in [0, 0.1) is 13.8 Å². The molecule has 0 atom stereocenters. The number of rotatable bonds is 6. The summed E-state index contributed by atoms with van der Waals surface area (Å²) >= 11 is 0. The zero-order chi connectivity index (χ0) is 13.0. The van der Waals surface area contributed by atoms with Gasteiger partial charge >= 0.3 is 0 Å². The van der Waals surface area contributed by atoms with Gasteiger partial charge in [-0.15, -0.1) is 0 Å². The molecule has 0 heterocycles. The van der Waals surface area contributed by atoms with E-state index in [0.717, 1.165) is 36.7 Å². The van der Waals surface area contributed by atoms with Gasteiger partial charge in [-0.05, 0) is 51.3 Å². The molecule has 1 aromatic carbocycles. The number of carbonyl (C=O) groups excluding carboxylic acids is 1. The second-order valence-electron chi connectivity index (χ2n) is 5.16. The summed E-state index contributed by atoms with van der Waals surface area (Å²) in [7, 11) is 0. The van der Waals surface area contributed by atoms with E-state index < -0.39 is 0 Å². The minimum Gasteiger partial charge on any atom is -0.352 e. The molecule has 0 radical (unpaired) electrons. The predicted octanol–water partition coefficient (Wildman–Crippen LogP) is 2.18. The maximum absolute atomic E-state index is 12.0. The van der Waals surface area contributed by atoms with Crippen molar-refractivity contribution in [2.75, 3.05) is 13.1 Å². The summed E-state index contributed by atoms with van der Waals surface area (Å²) in [5.74, 6) is 0.0407. The van der Waals surface area contributed by atoms with Gasteiger partial charge in [0.05, 0.1) is 0 Å². The van der Waals surface area contributed by atoms with Crippen molar-refractivity contribution in [3.05, 3.63) is 34.9 Å². The van der Waals surface area contributed by atoms with E-state index in [-0.39, 0.29) is 5.91 Å². The van der Waals surface area contributed by atoms with Crippen molar-refractivity contribution in [1.29, 1.82) is 0 Å². The average Bonchev–Trinajstić information content (AvgIpc) is 3.12. The molecule has 0 saturated heterocycles. The van der Waals surface area contributed by atoms with Gasteiger partial charge in [0.1, 0.15) is 0 Å². The topological polar surface area (TPSA) is 41.1 Å². The van der Waals surface area contributed by atoms with Gasteiger partial charge in [0, 0.05) is 18.2 Å². The molecule has 0 spiro atoms. The molecule has 2 rings (SSSR count). The number of benzene rings is 1. The maximum atomic E-state index is 12.0. The molecule has 2 N–H and O–H groups in total. The van der Waals surface area contributed by atoms with Crippen LogP contribution in [0.2, 0.25) is 0 Å². The first-order valence-corrected chi connectivity index (χ1v) is 6.75. The second kappa shape index (κ2) is 6.01. The molecule has 0 aromatic heterocycles. The maximum Gasteiger partial charge on any atom is 0.251 e. The van der Waals surface area contributed by atoms with Crippen LogP contribution in [0.5, 0.6) is 0 Å². The number of amides is 1. The molecule has 3 heteroatoms. The van der Waals surface area contributed by atoms with Gasteiger partial charge in [-0.3, -0.25) is 4.79 Å². The van der Waals surface area contributed by atoms with Crippen LogP contribution in [-0.4, -0.2) is 25.0 Å². The molecule has 1 fully saturated rings. The number of aryl methyl sites for hydroxylation is 2. The number of carbonyl (C=O) groups is 1. The fraction of sp³-hybridized carbons (Fsp3) is 0.533. The fourth-order valence-corrected chi connectivity index (χ4v) is 2.05. The molecule has 0 bridgehead atoms. The van der Waals surface area contributed by atoms with Crippen molar-refractivity contribution in [3.8, 4) is 0 Å². The molecule has 98 valence electrons. The largest absolute Gasteiger partial charge is 0.352 e. The number of nitrogens with one attached hydrogen (secondary N) is 2. The van der Waals surface area contributed by atoms with Crippen molar-refractivity contribution < 1.29 is 4.79 Å². The monoisotopic (exact) mass is 246 g/mol. The zero-order valence-corrected chi connectivity index (χ0v) is 11.3. The lowest BCUT2D eigenvalue weighted by Crippen LogP contribution is -2.28. The van der Waals surface area contributed by atoms with Gasteiger partial charge in [-0.2, -0.15) is 0 Å². The third kappa shape index (κ3) is 3.84. The lowest BCUT2D eigenvalue weighted by atomic mass is 10.1. The normalized spacial score (nSPS) is 14.6. The third-order valence-corrected chi connectivity index (χ3v) is 3.28. The Morgan fingerprint density at radius 3 is 2.72 bits per heavy atom. The Labute approximate surface area is 109 Å². The number of hydrogen-bond donors (Lipinski definition) is 2. The minimum atomic E-state index is 0.0407. The van der Waals surface area contributed by atoms with E-state index in [4.69, 9.17) is 0 Å². The Morgan fingerprint density at radius 2 is 2.06 bits per heavy atom. The highest BCUT2D eigenvalue weighted by Gasteiger charge is 2.19. The third-order valence-electron chi connectivity index (χ3n) is 3.28. The van der Waals surface area contributed by atoms with E-state index in [1.807, 2.05) is 32.0 Å². The summed E-state index contributed by atoms with van der Waals surface area (Å²) in [6.07, 6.45) is 3.62. The molecule has 18 heavy (non-hydrogen) atoms. The highest BCUT2D eigenvalue weighted by atomic mass is 16.1. The van der Waals surface area contributed by atoms with Crippen LogP contribution in [0.1, 0.15) is 40.7 Å². The van der Waals surface area contributed by atoms with E-state index in [9.17, 15) is 4.79 Å². The molecular weight excluding hydrogens is 224 g/mol. The standard InChI is InChI=1S/C15H22N2O/c1-11-4-7-14(12(2)10-11)15(18)17-9-3-8-16-13-5-6-13/h4,7,10,13,16H,3,5-6,8-9H2,1-2H3,(H,17,18). The first-order chi connectivity index (χ1) is 8.66. The first kappa shape index (κ1) is 13.1. The lowest BCUT2D eigenvalue weighted by molar-refractivity contribution is 0.0952. The first-order valence-electron chi connectivity index (χ1n) is 6.75. The highest BCUT2D eigenvalue weighted by Crippen LogP contribution is 2.18. The molecule has 1 amide bonds. The smallest absolute Gasteiger partial charge is 0.251 e. The molecular formula is C15H22N2O. The molecule has 3 nitrogen and oxygen atoms in total. The predicted molar refractivity (Wildman–Crippen MR) is 73.9 cm³/mol. The SMILES string of the molecule is Cc1ccc(C(=O)NCCCNC2CC2)c(C)c1. The van der Waals surface area contributed by atoms with E-state index in [1.165, 1.54) is 18.4 Å². The van der Waals surface area contributed by atoms with Gasteiger partial charge in [0.15, 0.2) is 0 Å². The summed E-state index contributed by atoms with van der Waals surface area (Å²) in [5.41, 5.74) is 3.03. The Morgan fingerprint density at radius 1 is 1.28 bits per heavy atom. The quantitative estimate of drug-likeness (QED) is 0.755. The van der Waals surface area contributed by atoms with E-state index in [0.29, 0.717) is 0 Å². The van der Waals surface area contributed by atoms with Crippen LogP contribution >= 0.6 is 0 Å². The lowest BCUT2D eigenvalue weighted by Gasteiger charge is -2.08. The van der Waals surface area contributed by atoms with Gasteiger partial charge in [-0.1, -0.05) is 17.7 Å². The van der Waals surface area contributed by atoms with E-state index >= 15 is 0 Å². The second-order valence-corrected chi connectivity index (χ2v) is 5.16. The van der Waals surface area contributed by atoms with Crippen LogP contribution in [0.25, 0.3) is 0 Å². The van der Waals surface area contributed by atoms with E-state index in [2.05, 4.69) is 10.6 Å². The Bertz CT molecular complexity index is 425. The van der Waals surface area contributed by atoms with Gasteiger partial charge in [0.2, 0.25) is 0 Å². The average molecular weight is 246 g/mol. The fourth-order valence-electron chi connectivity index (χ4n) is 2.05. The van der Waals surface area contributed by atoms with Crippen molar-refractivity contribution in [3.63, 3.8) is 0 Å². The summed E-state index contributed by atoms with van der Waals surface area (Å²) in [5, 5.41) is 6.41. The summed E-state index contributed by atoms with van der Waals surface area (Å²) in [4.78, 5) is 12.0. The van der Waals surface area contributed by atoms with Crippen LogP contribution in [0.4, 0.5) is 0 Å². The van der Waals surface area contributed by atoms with Crippen LogP contribution in [0.15, 0.2) is 18.2 Å². The van der Waals surface area contributed by atoms with Crippen molar-refractivity contribution in [2.24, 2.45) is 0 Å². The molecule has 0 unspecified atom stereocenters. The van der Waals surface area contributed by atoms with E-state index in [1.54, 1.807) is 0 Å². The van der Waals surface area contributed by atoms with Crippen molar-refractivity contribution in [1.82, 2.24) is 10.6 Å². The molecule has 0 aliphatic heterocycles. The van der Waals surface area contributed by atoms with Gasteiger partial charge in [-0.25, -0.2) is 0 Å². The Balaban J connectivity index is 1.72. The zero-order valence-electron chi connectivity index (χ0n) is 11.3. The number of hydrogen-bond acceptors (Lipinski definition) is 2. The van der Waals surface area contributed by atoms with Crippen molar-refractivity contribution in [2.45, 2.75) is 39.2 Å². The summed E-state index contributed by atoms with van der Waals surface area (Å²) in [6, 6.07) is 6.68. The highest BCUT2D eigenvalue weighted by molar-refractivity contribution is 5.95. The van der Waals surface area contributed by atoms with Crippen LogP contribution < -0.4 is 10.6 Å². The summed E-state index contributed by atoms with van der Waals surface area (Å²) in [6.45, 7) is 5.76. The summed E-state index contributed by atoms with van der Waals surface area (Å²) < 4.78 is 0. The van der Waals surface area contributed by atoms with Gasteiger partial charge < -0.3 is 10.6 Å². The molecule has 1 saturated carbocycles.